The molecule has 17 heavy (non-hydrogen) atoms. The molecule has 3 nitrogen and oxygen atoms in total. The van der Waals surface area contributed by atoms with Gasteiger partial charge in [-0.05, 0) is 45.4 Å². The molecule has 0 saturated carbocycles. The van der Waals surface area contributed by atoms with Gasteiger partial charge in [-0.25, -0.2) is 0 Å². The van der Waals surface area contributed by atoms with E-state index in [1.807, 2.05) is 52.0 Å². The van der Waals surface area contributed by atoms with Crippen molar-refractivity contribution in [2.24, 2.45) is 0 Å². The summed E-state index contributed by atoms with van der Waals surface area (Å²) in [5.74, 6) is 0.838. The minimum Gasteiger partial charge on any atom is -0.491 e. The molecule has 0 bridgehead atoms. The van der Waals surface area contributed by atoms with Crippen molar-refractivity contribution >= 4 is 0 Å². The van der Waals surface area contributed by atoms with E-state index >= 15 is 0 Å². The van der Waals surface area contributed by atoms with E-state index in [1.54, 1.807) is 0 Å². The molecule has 3 heteroatoms. The van der Waals surface area contributed by atoms with E-state index in [1.165, 1.54) is 0 Å². The molecule has 0 radical (unpaired) electrons. The van der Waals surface area contributed by atoms with Gasteiger partial charge < -0.3 is 4.74 Å². The molecule has 0 heterocycles. The summed E-state index contributed by atoms with van der Waals surface area (Å²) < 4.78 is 5.56. The Morgan fingerprint density at radius 3 is 2.12 bits per heavy atom. The van der Waals surface area contributed by atoms with Crippen molar-refractivity contribution in [2.75, 3.05) is 0 Å². The first-order valence-corrected chi connectivity index (χ1v) is 5.95. The minimum atomic E-state index is -0.261. The third-order valence-electron chi connectivity index (χ3n) is 2.21. The van der Waals surface area contributed by atoms with Gasteiger partial charge in [-0.15, -0.1) is 0 Å². The van der Waals surface area contributed by atoms with Crippen LogP contribution in [0.4, 0.5) is 0 Å². The third kappa shape index (κ3) is 4.46. The van der Waals surface area contributed by atoms with Crippen molar-refractivity contribution in [2.45, 2.75) is 45.9 Å². The van der Waals surface area contributed by atoms with Crippen molar-refractivity contribution < 1.29 is 4.74 Å². The Balaban J connectivity index is 2.75. The molecule has 0 aliphatic heterocycles. The predicted octanol–water partition coefficient (Wildman–Crippen LogP) is 3.04. The largest absolute Gasteiger partial charge is 0.491 e. The van der Waals surface area contributed by atoms with Crippen molar-refractivity contribution in [1.29, 1.82) is 5.26 Å². The number of benzene rings is 1. The molecule has 0 aliphatic rings. The molecule has 1 unspecified atom stereocenters. The van der Waals surface area contributed by atoms with Crippen molar-refractivity contribution in [3.05, 3.63) is 29.8 Å². The maximum atomic E-state index is 9.10. The van der Waals surface area contributed by atoms with E-state index in [2.05, 4.69) is 11.4 Å². The van der Waals surface area contributed by atoms with Crippen molar-refractivity contribution in [3.8, 4) is 11.8 Å². The van der Waals surface area contributed by atoms with E-state index in [4.69, 9.17) is 10.00 Å². The van der Waals surface area contributed by atoms with Crippen LogP contribution in [0.15, 0.2) is 24.3 Å². The highest BCUT2D eigenvalue weighted by Crippen LogP contribution is 2.18. The number of rotatable bonds is 5. The van der Waals surface area contributed by atoms with Crippen LogP contribution in [0.3, 0.4) is 0 Å². The summed E-state index contributed by atoms with van der Waals surface area (Å²) in [6.07, 6.45) is 0.168. The Morgan fingerprint density at radius 2 is 1.71 bits per heavy atom. The molecule has 0 saturated heterocycles. The molecule has 1 atom stereocenters. The van der Waals surface area contributed by atoms with Gasteiger partial charge in [0.1, 0.15) is 11.8 Å². The summed E-state index contributed by atoms with van der Waals surface area (Å²) in [5, 5.41) is 12.3. The van der Waals surface area contributed by atoms with Gasteiger partial charge in [0.2, 0.25) is 0 Å². The fourth-order valence-corrected chi connectivity index (χ4v) is 1.55. The monoisotopic (exact) mass is 232 g/mol. The summed E-state index contributed by atoms with van der Waals surface area (Å²) in [6, 6.07) is 9.95. The maximum absolute atomic E-state index is 9.10. The number of ether oxygens (including phenoxy) is 1. The quantitative estimate of drug-likeness (QED) is 0.848. The highest BCUT2D eigenvalue weighted by atomic mass is 16.5. The summed E-state index contributed by atoms with van der Waals surface area (Å²) in [6.45, 7) is 8.04. The van der Waals surface area contributed by atoms with Gasteiger partial charge in [-0.3, -0.25) is 5.32 Å². The van der Waals surface area contributed by atoms with Crippen LogP contribution in [0.25, 0.3) is 0 Å². The van der Waals surface area contributed by atoms with Crippen LogP contribution in [-0.2, 0) is 0 Å². The average molecular weight is 232 g/mol. The highest BCUT2D eigenvalue weighted by molar-refractivity contribution is 5.31. The normalized spacial score (nSPS) is 12.5. The molecule has 0 amide bonds. The molecule has 0 aliphatic carbocycles. The molecule has 1 rings (SSSR count). The fourth-order valence-electron chi connectivity index (χ4n) is 1.55. The highest BCUT2D eigenvalue weighted by Gasteiger charge is 2.11. The summed E-state index contributed by atoms with van der Waals surface area (Å²) in [5.41, 5.74) is 0.970. The van der Waals surface area contributed by atoms with Crippen LogP contribution >= 0.6 is 0 Å². The van der Waals surface area contributed by atoms with E-state index in [0.717, 1.165) is 11.3 Å². The molecular formula is C14H20N2O. The van der Waals surface area contributed by atoms with Gasteiger partial charge >= 0.3 is 0 Å². The third-order valence-corrected chi connectivity index (χ3v) is 2.21. The van der Waals surface area contributed by atoms with Gasteiger partial charge in [-0.2, -0.15) is 5.26 Å². The van der Waals surface area contributed by atoms with Crippen molar-refractivity contribution in [1.82, 2.24) is 5.32 Å². The summed E-state index contributed by atoms with van der Waals surface area (Å²) in [7, 11) is 0. The lowest BCUT2D eigenvalue weighted by Gasteiger charge is -2.15. The zero-order valence-corrected chi connectivity index (χ0v) is 10.9. The Hall–Kier alpha value is -1.53. The Bertz CT molecular complexity index is 376. The first-order valence-electron chi connectivity index (χ1n) is 5.95. The summed E-state index contributed by atoms with van der Waals surface area (Å²) >= 11 is 0. The predicted molar refractivity (Wildman–Crippen MR) is 68.8 cm³/mol. The van der Waals surface area contributed by atoms with Crippen LogP contribution < -0.4 is 10.1 Å². The molecule has 0 spiro atoms. The molecule has 1 aromatic rings. The molecule has 1 N–H and O–H groups in total. The Morgan fingerprint density at radius 1 is 1.12 bits per heavy atom. The van der Waals surface area contributed by atoms with Gasteiger partial charge in [0.25, 0.3) is 0 Å². The standard InChI is InChI=1S/C14H20N2O/c1-10(2)16-14(9-15)12-5-7-13(8-6-12)17-11(3)4/h5-8,10-11,14,16H,1-4H3. The zero-order chi connectivity index (χ0) is 12.8. The maximum Gasteiger partial charge on any atom is 0.121 e. The van der Waals surface area contributed by atoms with E-state index in [0.29, 0.717) is 0 Å². The summed E-state index contributed by atoms with van der Waals surface area (Å²) in [4.78, 5) is 0. The van der Waals surface area contributed by atoms with Crippen LogP contribution in [0.1, 0.15) is 39.3 Å². The number of nitriles is 1. The second kappa shape index (κ2) is 6.27. The van der Waals surface area contributed by atoms with Gasteiger partial charge in [0, 0.05) is 6.04 Å². The SMILES string of the molecule is CC(C)NC(C#N)c1ccc(OC(C)C)cc1. The number of nitrogens with one attached hydrogen (secondary N) is 1. The van der Waals surface area contributed by atoms with Crippen LogP contribution in [-0.4, -0.2) is 12.1 Å². The number of nitrogens with zero attached hydrogens (tertiary/aromatic N) is 1. The minimum absolute atomic E-state index is 0.168. The lowest BCUT2D eigenvalue weighted by atomic mass is 10.1. The molecule has 1 aromatic carbocycles. The smallest absolute Gasteiger partial charge is 0.121 e. The Kier molecular flexibility index (Phi) is 4.99. The first-order chi connectivity index (χ1) is 8.02. The van der Waals surface area contributed by atoms with Crippen LogP contribution in [0.5, 0.6) is 5.75 Å². The van der Waals surface area contributed by atoms with Gasteiger partial charge in [0.05, 0.1) is 12.2 Å². The molecule has 92 valence electrons. The molecule has 0 aromatic heterocycles. The lowest BCUT2D eigenvalue weighted by Crippen LogP contribution is -2.27. The van der Waals surface area contributed by atoms with Crippen molar-refractivity contribution in [3.63, 3.8) is 0 Å². The van der Waals surface area contributed by atoms with E-state index in [9.17, 15) is 0 Å². The average Bonchev–Trinajstić information content (AvgIpc) is 2.26. The zero-order valence-electron chi connectivity index (χ0n) is 10.9. The number of hydrogen-bond acceptors (Lipinski definition) is 3. The number of hydrogen-bond donors (Lipinski definition) is 1. The second-order valence-electron chi connectivity index (χ2n) is 4.62. The molecule has 0 fully saturated rings. The molecular weight excluding hydrogens is 212 g/mol. The lowest BCUT2D eigenvalue weighted by molar-refractivity contribution is 0.242. The van der Waals surface area contributed by atoms with Crippen LogP contribution in [0, 0.1) is 11.3 Å². The topological polar surface area (TPSA) is 45.0 Å². The Labute approximate surface area is 103 Å². The van der Waals surface area contributed by atoms with Crippen LogP contribution in [0.2, 0.25) is 0 Å². The first kappa shape index (κ1) is 13.5. The van der Waals surface area contributed by atoms with E-state index < -0.39 is 0 Å². The second-order valence-corrected chi connectivity index (χ2v) is 4.62. The van der Waals surface area contributed by atoms with Gasteiger partial charge in [-0.1, -0.05) is 12.1 Å². The van der Waals surface area contributed by atoms with E-state index in [-0.39, 0.29) is 18.2 Å². The fraction of sp³-hybridized carbons (Fsp3) is 0.500. The van der Waals surface area contributed by atoms with Gasteiger partial charge in [0.15, 0.2) is 0 Å².